The van der Waals surface area contributed by atoms with Crippen molar-refractivity contribution >= 4 is 17.7 Å². The minimum atomic E-state index is -0.782. The molecule has 0 aliphatic carbocycles. The van der Waals surface area contributed by atoms with Gasteiger partial charge in [0.2, 0.25) is 0 Å². The van der Waals surface area contributed by atoms with Crippen LogP contribution in [0.1, 0.15) is 79.2 Å². The number of aliphatic imine (C=N–C) groups is 1. The molecule has 1 aliphatic rings. The molecule has 3 rings (SSSR count). The maximum atomic E-state index is 14.8. The molecule has 0 spiro atoms. The van der Waals surface area contributed by atoms with Crippen molar-refractivity contribution in [3.8, 4) is 16.9 Å². The van der Waals surface area contributed by atoms with Crippen LogP contribution in [0, 0.1) is 11.7 Å². The van der Waals surface area contributed by atoms with Crippen molar-refractivity contribution < 1.29 is 23.5 Å². The molecule has 0 saturated carbocycles. The van der Waals surface area contributed by atoms with Crippen LogP contribution in [0.4, 0.5) is 4.39 Å². The third-order valence-electron chi connectivity index (χ3n) is 7.15. The Morgan fingerprint density at radius 1 is 1.05 bits per heavy atom. The Labute approximate surface area is 226 Å². The summed E-state index contributed by atoms with van der Waals surface area (Å²) in [6.45, 7) is 12.4. The number of esters is 1. The number of rotatable bonds is 13. The van der Waals surface area contributed by atoms with Crippen molar-refractivity contribution in [2.75, 3.05) is 6.61 Å². The Balaban J connectivity index is 1.81. The summed E-state index contributed by atoms with van der Waals surface area (Å²) in [5.41, 5.74) is 1.34. The lowest BCUT2D eigenvalue weighted by Gasteiger charge is -2.24. The molecule has 1 unspecified atom stereocenters. The molecule has 1 atom stereocenters. The molecule has 0 aromatic heterocycles. The second kappa shape index (κ2) is 13.0. The first-order valence-electron chi connectivity index (χ1n) is 13.8. The van der Waals surface area contributed by atoms with Gasteiger partial charge in [0, 0.05) is 17.9 Å². The number of hydrogen-bond acceptors (Lipinski definition) is 5. The molecule has 0 bridgehead atoms. The van der Waals surface area contributed by atoms with E-state index in [0.717, 1.165) is 30.7 Å². The predicted molar refractivity (Wildman–Crippen MR) is 149 cm³/mol. The number of nitrogens with zero attached hydrogens (tertiary/aromatic N) is 2. The van der Waals surface area contributed by atoms with Gasteiger partial charge in [0.15, 0.2) is 6.10 Å². The van der Waals surface area contributed by atoms with Gasteiger partial charge in [-0.3, -0.25) is 14.7 Å². The monoisotopic (exact) mass is 524 g/mol. The van der Waals surface area contributed by atoms with Crippen molar-refractivity contribution in [3.05, 3.63) is 53.8 Å². The minimum absolute atomic E-state index is 0.0647. The van der Waals surface area contributed by atoms with Crippen LogP contribution >= 0.6 is 0 Å². The smallest absolute Gasteiger partial charge is 0.347 e. The van der Waals surface area contributed by atoms with E-state index in [4.69, 9.17) is 14.5 Å². The summed E-state index contributed by atoms with van der Waals surface area (Å²) in [7, 11) is 0. The van der Waals surface area contributed by atoms with Crippen molar-refractivity contribution in [3.63, 3.8) is 0 Å². The molecule has 38 heavy (non-hydrogen) atoms. The molecule has 206 valence electrons. The average Bonchev–Trinajstić information content (AvgIpc) is 3.18. The zero-order valence-electron chi connectivity index (χ0n) is 23.6. The SMILES string of the molecule is CCCCC1=NC(CC)(CC)C(=O)N1Cc1ccc(-c2cc(OC(C(=O)OCC)C(C)C)ccc2F)cc1. The number of ether oxygens (including phenoxy) is 2. The Morgan fingerprint density at radius 3 is 2.32 bits per heavy atom. The molecule has 1 amide bonds. The van der Waals surface area contributed by atoms with E-state index >= 15 is 0 Å². The van der Waals surface area contributed by atoms with Crippen molar-refractivity contribution in [2.45, 2.75) is 91.8 Å². The van der Waals surface area contributed by atoms with Crippen LogP contribution in [0.3, 0.4) is 0 Å². The number of carbonyl (C=O) groups is 2. The van der Waals surface area contributed by atoms with E-state index in [1.165, 1.54) is 12.1 Å². The molecule has 2 aromatic rings. The standard InChI is InChI=1S/C31H41FN2O4/c1-7-11-12-27-33-31(8-2,9-3)30(36)34(27)20-22-13-15-23(16-14-22)25-19-24(17-18-26(25)32)38-28(21(5)6)29(35)37-10-4/h13-19,21,28H,7-12,20H2,1-6H3. The van der Waals surface area contributed by atoms with Crippen LogP contribution < -0.4 is 4.74 Å². The van der Waals surface area contributed by atoms with Crippen molar-refractivity contribution in [2.24, 2.45) is 10.9 Å². The van der Waals surface area contributed by atoms with Crippen LogP contribution in [0.2, 0.25) is 0 Å². The minimum Gasteiger partial charge on any atom is -0.478 e. The van der Waals surface area contributed by atoms with Crippen molar-refractivity contribution in [1.29, 1.82) is 0 Å². The number of amides is 1. The molecule has 1 heterocycles. The van der Waals surface area contributed by atoms with E-state index in [1.807, 2.05) is 56.9 Å². The fourth-order valence-corrected chi connectivity index (χ4v) is 4.72. The van der Waals surface area contributed by atoms with Gasteiger partial charge in [0.1, 0.15) is 22.9 Å². The molecular weight excluding hydrogens is 483 g/mol. The van der Waals surface area contributed by atoms with E-state index in [2.05, 4.69) is 6.92 Å². The normalized spacial score (nSPS) is 15.5. The zero-order chi connectivity index (χ0) is 27.9. The van der Waals surface area contributed by atoms with Gasteiger partial charge in [-0.05, 0) is 55.5 Å². The van der Waals surface area contributed by atoms with Gasteiger partial charge in [-0.1, -0.05) is 65.3 Å². The van der Waals surface area contributed by atoms with E-state index in [9.17, 15) is 14.0 Å². The Hall–Kier alpha value is -3.22. The summed E-state index contributed by atoms with van der Waals surface area (Å²) in [4.78, 5) is 32.4. The molecule has 0 radical (unpaired) electrons. The average molecular weight is 525 g/mol. The van der Waals surface area contributed by atoms with E-state index < -0.39 is 17.6 Å². The maximum absolute atomic E-state index is 14.8. The van der Waals surface area contributed by atoms with Gasteiger partial charge in [-0.25, -0.2) is 9.18 Å². The zero-order valence-corrected chi connectivity index (χ0v) is 23.6. The van der Waals surface area contributed by atoms with E-state index in [1.54, 1.807) is 13.0 Å². The van der Waals surface area contributed by atoms with Crippen molar-refractivity contribution in [1.82, 2.24) is 4.90 Å². The molecule has 2 aromatic carbocycles. The molecule has 0 N–H and O–H groups in total. The predicted octanol–water partition coefficient (Wildman–Crippen LogP) is 6.95. The summed E-state index contributed by atoms with van der Waals surface area (Å²) >= 11 is 0. The molecule has 7 heteroatoms. The Morgan fingerprint density at radius 2 is 1.74 bits per heavy atom. The first-order valence-corrected chi connectivity index (χ1v) is 13.8. The fraction of sp³-hybridized carbons (Fsp3) is 0.516. The number of benzene rings is 2. The maximum Gasteiger partial charge on any atom is 0.347 e. The highest BCUT2D eigenvalue weighted by atomic mass is 19.1. The third kappa shape index (κ3) is 6.43. The van der Waals surface area contributed by atoms with Crippen LogP contribution in [0.25, 0.3) is 11.1 Å². The topological polar surface area (TPSA) is 68.2 Å². The molecule has 0 saturated heterocycles. The summed E-state index contributed by atoms with van der Waals surface area (Å²) < 4.78 is 25.9. The molecule has 0 fully saturated rings. The van der Waals surface area contributed by atoms with Gasteiger partial charge in [-0.15, -0.1) is 0 Å². The highest BCUT2D eigenvalue weighted by molar-refractivity contribution is 6.08. The van der Waals surface area contributed by atoms with Gasteiger partial charge < -0.3 is 9.47 Å². The Bertz CT molecular complexity index is 1140. The summed E-state index contributed by atoms with van der Waals surface area (Å²) in [6.07, 6.45) is 3.38. The summed E-state index contributed by atoms with van der Waals surface area (Å²) in [5.74, 6) is 0.386. The lowest BCUT2D eigenvalue weighted by molar-refractivity contribution is -0.153. The lowest BCUT2D eigenvalue weighted by atomic mass is 9.93. The van der Waals surface area contributed by atoms with E-state index in [-0.39, 0.29) is 24.2 Å². The van der Waals surface area contributed by atoms with Gasteiger partial charge in [0.05, 0.1) is 13.2 Å². The number of halogens is 1. The van der Waals surface area contributed by atoms with Crippen LogP contribution in [0.15, 0.2) is 47.5 Å². The number of carbonyl (C=O) groups excluding carboxylic acids is 2. The van der Waals surface area contributed by atoms with Crippen LogP contribution in [-0.4, -0.2) is 40.9 Å². The largest absolute Gasteiger partial charge is 0.478 e. The van der Waals surface area contributed by atoms with Gasteiger partial charge in [-0.2, -0.15) is 0 Å². The molecule has 1 aliphatic heterocycles. The van der Waals surface area contributed by atoms with Crippen LogP contribution in [-0.2, 0) is 20.9 Å². The highest BCUT2D eigenvalue weighted by Crippen LogP contribution is 2.33. The second-order valence-electron chi connectivity index (χ2n) is 10.1. The first-order chi connectivity index (χ1) is 18.2. The number of hydrogen-bond donors (Lipinski definition) is 0. The summed E-state index contributed by atoms with van der Waals surface area (Å²) in [5, 5.41) is 0. The lowest BCUT2D eigenvalue weighted by Crippen LogP contribution is -2.41. The fourth-order valence-electron chi connectivity index (χ4n) is 4.72. The Kier molecular flexibility index (Phi) is 10.1. The molecular formula is C31H41FN2O4. The third-order valence-corrected chi connectivity index (χ3v) is 7.15. The van der Waals surface area contributed by atoms with Gasteiger partial charge >= 0.3 is 5.97 Å². The first kappa shape index (κ1) is 29.3. The van der Waals surface area contributed by atoms with Crippen LogP contribution in [0.5, 0.6) is 5.75 Å². The highest BCUT2D eigenvalue weighted by Gasteiger charge is 2.45. The second-order valence-corrected chi connectivity index (χ2v) is 10.1. The quantitative estimate of drug-likeness (QED) is 0.266. The van der Waals surface area contributed by atoms with Gasteiger partial charge in [0.25, 0.3) is 5.91 Å². The number of unbranched alkanes of at least 4 members (excludes halogenated alkanes) is 1. The molecule has 6 nitrogen and oxygen atoms in total. The summed E-state index contributed by atoms with van der Waals surface area (Å²) in [6, 6.07) is 12.0. The van der Waals surface area contributed by atoms with E-state index in [0.29, 0.717) is 36.3 Å². The number of amidine groups is 1.